The maximum absolute atomic E-state index is 13.1. The van der Waals surface area contributed by atoms with Gasteiger partial charge in [-0.25, -0.2) is 4.79 Å². The lowest BCUT2D eigenvalue weighted by atomic mass is 9.85. The molecule has 0 aromatic carbocycles. The van der Waals surface area contributed by atoms with Crippen molar-refractivity contribution in [3.63, 3.8) is 0 Å². The summed E-state index contributed by atoms with van der Waals surface area (Å²) in [5.41, 5.74) is 2.35. The van der Waals surface area contributed by atoms with Gasteiger partial charge < -0.3 is 9.94 Å². The Hall–Kier alpha value is -0.908. The van der Waals surface area contributed by atoms with Gasteiger partial charge in [0.15, 0.2) is 4.46 Å². The third kappa shape index (κ3) is 2.95. The largest absolute Gasteiger partial charge is 0.478 e. The zero-order valence-electron chi connectivity index (χ0n) is 12.5. The first kappa shape index (κ1) is 16.9. The van der Waals surface area contributed by atoms with Gasteiger partial charge in [-0.3, -0.25) is 0 Å². The molecule has 0 radical (unpaired) electrons. The first-order valence-corrected chi connectivity index (χ1v) is 9.35. The quantitative estimate of drug-likeness (QED) is 0.768. The van der Waals surface area contributed by atoms with E-state index in [0.29, 0.717) is 29.0 Å². The Bertz CT molecular complexity index is 656. The average molecular weight is 361 g/mol. The van der Waals surface area contributed by atoms with E-state index in [1.165, 1.54) is 11.8 Å². The zero-order valence-corrected chi connectivity index (χ0v) is 15.3. The molecule has 1 fully saturated rings. The van der Waals surface area contributed by atoms with Crippen molar-refractivity contribution in [2.24, 2.45) is 5.16 Å². The molecule has 124 valence electrons. The number of allylic oxidation sites excluding steroid dienone is 3. The van der Waals surface area contributed by atoms with E-state index in [4.69, 9.17) is 4.84 Å². The molecule has 1 N–H and O–H groups in total. The topological polar surface area (TPSA) is 58.9 Å². The Kier molecular flexibility index (Phi) is 4.32. The molecule has 1 saturated carbocycles. The molecule has 3 rings (SSSR count). The van der Waals surface area contributed by atoms with Gasteiger partial charge in [-0.1, -0.05) is 5.16 Å². The lowest BCUT2D eigenvalue weighted by Gasteiger charge is -2.29. The summed E-state index contributed by atoms with van der Waals surface area (Å²) in [4.78, 5) is 16.8. The number of thioether (sulfide) groups is 1. The summed E-state index contributed by atoms with van der Waals surface area (Å²) in [6, 6.07) is 0. The molecule has 1 atom stereocenters. The summed E-state index contributed by atoms with van der Waals surface area (Å²) in [6.07, 6.45) is -1.54. The number of fused-ring (bicyclic) bond motifs is 1. The maximum Gasteiger partial charge on any atom is 0.415 e. The molecule has 9 heteroatoms. The minimum atomic E-state index is -4.44. The monoisotopic (exact) mass is 361 g/mol. The molecule has 3 aliphatic rings. The third-order valence-electron chi connectivity index (χ3n) is 4.45. The van der Waals surface area contributed by atoms with Crippen molar-refractivity contribution in [3.05, 3.63) is 21.6 Å². The van der Waals surface area contributed by atoms with Crippen LogP contribution in [-0.2, 0) is 9.63 Å². The molecule has 0 bridgehead atoms. The third-order valence-corrected chi connectivity index (χ3v) is 6.76. The van der Waals surface area contributed by atoms with Gasteiger partial charge in [0.05, 0.1) is 11.3 Å². The number of carboxylic acid groups (broad SMARTS) is 1. The second kappa shape index (κ2) is 5.87. The maximum atomic E-state index is 13.1. The Morgan fingerprint density at radius 1 is 1.30 bits per heavy atom. The van der Waals surface area contributed by atoms with Crippen LogP contribution in [0.1, 0.15) is 32.1 Å². The van der Waals surface area contributed by atoms with Gasteiger partial charge in [0.25, 0.3) is 0 Å². The first-order chi connectivity index (χ1) is 10.7. The van der Waals surface area contributed by atoms with E-state index in [1.54, 1.807) is 0 Å². The van der Waals surface area contributed by atoms with E-state index in [0.717, 1.165) is 24.0 Å². The van der Waals surface area contributed by atoms with Crippen LogP contribution in [0.4, 0.5) is 13.2 Å². The molecule has 0 aromatic heterocycles. The number of hydrogen-bond donors (Lipinski definition) is 1. The smallest absolute Gasteiger partial charge is 0.415 e. The molecule has 0 amide bonds. The summed E-state index contributed by atoms with van der Waals surface area (Å²) in [5, 5.41) is 13.0. The van der Waals surface area contributed by atoms with Crippen LogP contribution in [-0.4, -0.2) is 49.5 Å². The van der Waals surface area contributed by atoms with Gasteiger partial charge in [-0.2, -0.15) is 13.2 Å². The van der Waals surface area contributed by atoms with Gasteiger partial charge >= 0.3 is 28.4 Å². The number of alkyl halides is 3. The molecule has 1 unspecified atom stereocenters. The summed E-state index contributed by atoms with van der Waals surface area (Å²) in [5.74, 6) is -0.675. The first-order valence-electron chi connectivity index (χ1n) is 7.37. The molecule has 0 saturated heterocycles. The molecule has 1 aliphatic carbocycles. The number of halogens is 3. The van der Waals surface area contributed by atoms with Crippen molar-refractivity contribution in [2.75, 3.05) is 5.75 Å². The van der Waals surface area contributed by atoms with Crippen molar-refractivity contribution >= 4 is 39.7 Å². The fraction of sp³-hybridized carbons (Fsp3) is 0.571. The van der Waals surface area contributed by atoms with Crippen LogP contribution in [0.15, 0.2) is 26.8 Å². The van der Waals surface area contributed by atoms with Gasteiger partial charge in [0, 0.05) is 17.1 Å². The number of carbonyl (C=O) groups is 1. The Balaban J connectivity index is 1.96. The van der Waals surface area contributed by atoms with E-state index in [1.807, 2.05) is 0 Å². The van der Waals surface area contributed by atoms with E-state index in [9.17, 15) is 23.1 Å². The highest BCUT2D eigenvalue weighted by Gasteiger charge is 2.56. The van der Waals surface area contributed by atoms with E-state index in [2.05, 4.69) is 5.16 Å². The highest BCUT2D eigenvalue weighted by molar-refractivity contribution is 8.04. The van der Waals surface area contributed by atoms with Crippen molar-refractivity contribution in [1.29, 1.82) is 0 Å². The number of nitrogens with zero attached hydrogens (tertiary/aromatic N) is 1. The van der Waals surface area contributed by atoms with Crippen LogP contribution in [0.3, 0.4) is 0 Å². The molecular weight excluding hydrogens is 346 g/mol. The number of rotatable bonds is 2. The molecule has 2 aliphatic heterocycles. The van der Waals surface area contributed by atoms with Crippen molar-refractivity contribution in [3.8, 4) is 0 Å². The van der Waals surface area contributed by atoms with Gasteiger partial charge in [0.1, 0.15) is 0 Å². The number of hydrogen-bond acceptors (Lipinski definition) is 4. The summed E-state index contributed by atoms with van der Waals surface area (Å²) < 4.78 is 37.2. The number of aliphatic carboxylic acids is 1. The van der Waals surface area contributed by atoms with E-state index < -0.39 is 16.6 Å². The highest BCUT2D eigenvalue weighted by Crippen LogP contribution is 2.46. The second-order valence-electron chi connectivity index (χ2n) is 6.10. The van der Waals surface area contributed by atoms with Gasteiger partial charge in [-0.05, 0) is 36.8 Å². The summed E-state index contributed by atoms with van der Waals surface area (Å²) in [6.45, 7) is 0. The summed E-state index contributed by atoms with van der Waals surface area (Å²) >= 11 is 1.07. The standard InChI is InChI=1S/C14H13F3NO3S.Al.2H/c15-14(16,17)11-5-10(18-21-11)12-8-4-2-1-3-7(8)9(6-22-12)13(19)20;;;/h1-6H2,(H,19,20);;;. The fourth-order valence-corrected chi connectivity index (χ4v) is 4.76. The van der Waals surface area contributed by atoms with Crippen LogP contribution in [0, 0.1) is 0 Å². The zero-order chi connectivity index (χ0) is 16.8. The minimum absolute atomic E-state index is 0.203. The molecule has 4 nitrogen and oxygen atoms in total. The molecule has 23 heavy (non-hydrogen) atoms. The Morgan fingerprint density at radius 2 is 1.96 bits per heavy atom. The average Bonchev–Trinajstić information content (AvgIpc) is 2.89. The van der Waals surface area contributed by atoms with E-state index >= 15 is 0 Å². The number of oxime groups is 1. The molecular formula is C14H15AlF3NO3S. The SMILES string of the molecule is O=C(O)C1=C2CCCCC2=C(C2=NO[C]([AlH2])(C(F)(F)F)C2)SC1. The predicted molar refractivity (Wildman–Crippen MR) is 83.1 cm³/mol. The second-order valence-corrected chi connectivity index (χ2v) is 8.70. The Labute approximate surface area is 143 Å². The minimum Gasteiger partial charge on any atom is -0.478 e. The number of carboxylic acids is 1. The van der Waals surface area contributed by atoms with Crippen molar-refractivity contribution in [1.82, 2.24) is 0 Å². The predicted octanol–water partition coefficient (Wildman–Crippen LogP) is 2.61. The molecule has 0 spiro atoms. The molecule has 0 aromatic rings. The fourth-order valence-electron chi connectivity index (χ4n) is 3.07. The van der Waals surface area contributed by atoms with Crippen LogP contribution < -0.4 is 0 Å². The highest BCUT2D eigenvalue weighted by atomic mass is 32.2. The van der Waals surface area contributed by atoms with Crippen LogP contribution in [0.25, 0.3) is 0 Å². The van der Waals surface area contributed by atoms with Gasteiger partial charge in [-0.15, -0.1) is 11.8 Å². The van der Waals surface area contributed by atoms with Crippen LogP contribution in [0.2, 0.25) is 0 Å². The van der Waals surface area contributed by atoms with Crippen LogP contribution in [0.5, 0.6) is 0 Å². The van der Waals surface area contributed by atoms with Crippen molar-refractivity contribution < 1.29 is 27.9 Å². The lowest BCUT2D eigenvalue weighted by molar-refractivity contribution is -0.233. The Morgan fingerprint density at radius 3 is 2.52 bits per heavy atom. The normalized spacial score (nSPS) is 28.4. The summed E-state index contributed by atoms with van der Waals surface area (Å²) in [7, 11) is 0. The van der Waals surface area contributed by atoms with Gasteiger partial charge in [0.2, 0.25) is 0 Å². The van der Waals surface area contributed by atoms with Crippen molar-refractivity contribution in [2.45, 2.75) is 42.7 Å². The lowest BCUT2D eigenvalue weighted by Crippen LogP contribution is -2.46. The van der Waals surface area contributed by atoms with Crippen LogP contribution >= 0.6 is 11.8 Å². The van der Waals surface area contributed by atoms with E-state index in [-0.39, 0.29) is 28.5 Å². The molecule has 2 heterocycles.